The third-order valence-corrected chi connectivity index (χ3v) is 5.29. The Morgan fingerprint density at radius 3 is 2.57 bits per heavy atom. The first-order chi connectivity index (χ1) is 13.3. The molecule has 0 aliphatic carbocycles. The number of amides is 1. The number of anilines is 1. The van der Waals surface area contributed by atoms with Crippen molar-refractivity contribution in [3.8, 4) is 17.2 Å². The zero-order valence-corrected chi connectivity index (χ0v) is 16.5. The molecular formula is C19H15NO6S2. The van der Waals surface area contributed by atoms with Gasteiger partial charge in [-0.05, 0) is 42.5 Å². The van der Waals surface area contributed by atoms with Crippen molar-refractivity contribution in [2.45, 2.75) is 0 Å². The Morgan fingerprint density at radius 2 is 1.93 bits per heavy atom. The van der Waals surface area contributed by atoms with Gasteiger partial charge in [0.2, 0.25) is 0 Å². The molecule has 0 spiro atoms. The first-order valence-electron chi connectivity index (χ1n) is 7.92. The molecule has 0 atom stereocenters. The summed E-state index contributed by atoms with van der Waals surface area (Å²) in [7, 11) is 3.06. The lowest BCUT2D eigenvalue weighted by molar-refractivity contribution is -0.113. The van der Waals surface area contributed by atoms with Crippen molar-refractivity contribution in [1.82, 2.24) is 0 Å². The quantitative estimate of drug-likeness (QED) is 0.564. The van der Waals surface area contributed by atoms with Crippen molar-refractivity contribution < 1.29 is 29.3 Å². The van der Waals surface area contributed by atoms with Gasteiger partial charge >= 0.3 is 5.97 Å². The highest BCUT2D eigenvalue weighted by atomic mass is 32.2. The third-order valence-electron chi connectivity index (χ3n) is 3.99. The molecule has 0 unspecified atom stereocenters. The third kappa shape index (κ3) is 3.67. The van der Waals surface area contributed by atoms with Crippen LogP contribution >= 0.6 is 24.0 Å². The van der Waals surface area contributed by atoms with E-state index in [2.05, 4.69) is 0 Å². The molecule has 3 rings (SSSR count). The Bertz CT molecular complexity index is 1020. The van der Waals surface area contributed by atoms with Gasteiger partial charge in [-0.2, -0.15) is 0 Å². The number of benzene rings is 2. The van der Waals surface area contributed by atoms with E-state index < -0.39 is 17.6 Å². The van der Waals surface area contributed by atoms with Gasteiger partial charge in [0, 0.05) is 5.56 Å². The van der Waals surface area contributed by atoms with Crippen LogP contribution < -0.4 is 14.4 Å². The molecule has 0 bridgehead atoms. The molecule has 0 saturated carbocycles. The SMILES string of the molecule is COc1ccc(OC)c(C=C2SC(=S)N(c3ccc(O)c(C(=O)O)c3)C2=O)c1. The maximum absolute atomic E-state index is 12.9. The predicted octanol–water partition coefficient (Wildman–Crippen LogP) is 3.51. The zero-order valence-electron chi connectivity index (χ0n) is 14.8. The smallest absolute Gasteiger partial charge is 0.339 e. The minimum atomic E-state index is -1.30. The number of methoxy groups -OCH3 is 2. The van der Waals surface area contributed by atoms with Gasteiger partial charge in [-0.3, -0.25) is 9.69 Å². The van der Waals surface area contributed by atoms with E-state index in [0.29, 0.717) is 22.0 Å². The number of carboxylic acids is 1. The second-order valence-electron chi connectivity index (χ2n) is 5.63. The Kier molecular flexibility index (Phi) is 5.57. The first-order valence-corrected chi connectivity index (χ1v) is 9.14. The lowest BCUT2D eigenvalue weighted by Crippen LogP contribution is -2.27. The number of rotatable bonds is 5. The minimum absolute atomic E-state index is 0.250. The van der Waals surface area contributed by atoms with E-state index in [1.165, 1.54) is 37.3 Å². The molecule has 28 heavy (non-hydrogen) atoms. The summed E-state index contributed by atoms with van der Waals surface area (Å²) < 4.78 is 10.8. The summed E-state index contributed by atoms with van der Waals surface area (Å²) in [5.41, 5.74) is 0.586. The number of carboxylic acid groups (broad SMARTS) is 1. The monoisotopic (exact) mass is 417 g/mol. The topological polar surface area (TPSA) is 96.3 Å². The van der Waals surface area contributed by atoms with Gasteiger partial charge in [-0.1, -0.05) is 24.0 Å². The number of carbonyl (C=O) groups is 2. The molecule has 1 amide bonds. The number of thioether (sulfide) groups is 1. The normalized spacial score (nSPS) is 15.2. The number of hydrogen-bond donors (Lipinski definition) is 2. The average Bonchev–Trinajstić information content (AvgIpc) is 2.95. The molecule has 144 valence electrons. The fraction of sp³-hybridized carbons (Fsp3) is 0.105. The van der Waals surface area contributed by atoms with E-state index in [1.807, 2.05) is 0 Å². The number of aromatic hydroxyl groups is 1. The second kappa shape index (κ2) is 7.91. The fourth-order valence-electron chi connectivity index (χ4n) is 2.62. The van der Waals surface area contributed by atoms with Gasteiger partial charge in [0.15, 0.2) is 4.32 Å². The van der Waals surface area contributed by atoms with Crippen molar-refractivity contribution >= 4 is 51.9 Å². The Hall–Kier alpha value is -3.04. The van der Waals surface area contributed by atoms with E-state index in [-0.39, 0.29) is 15.6 Å². The highest BCUT2D eigenvalue weighted by Crippen LogP contribution is 2.38. The molecule has 1 fully saturated rings. The molecule has 0 aromatic heterocycles. The standard InChI is InChI=1S/C19H15NO6S2/c1-25-12-4-6-15(26-2)10(7-12)8-16-17(22)20(19(27)28-16)11-3-5-14(21)13(9-11)18(23)24/h3-9,21H,1-2H3,(H,23,24). The largest absolute Gasteiger partial charge is 0.507 e. The minimum Gasteiger partial charge on any atom is -0.507 e. The van der Waals surface area contributed by atoms with E-state index in [9.17, 15) is 19.8 Å². The molecule has 2 N–H and O–H groups in total. The predicted molar refractivity (Wildman–Crippen MR) is 110 cm³/mol. The molecule has 1 aliphatic heterocycles. The van der Waals surface area contributed by atoms with Crippen LogP contribution in [-0.2, 0) is 4.79 Å². The Labute approximate surface area is 170 Å². The van der Waals surface area contributed by atoms with Gasteiger partial charge in [0.05, 0.1) is 24.8 Å². The van der Waals surface area contributed by atoms with Crippen LogP contribution in [0.5, 0.6) is 17.2 Å². The molecule has 1 aliphatic rings. The second-order valence-corrected chi connectivity index (χ2v) is 7.31. The van der Waals surface area contributed by atoms with Crippen LogP contribution in [0.3, 0.4) is 0 Å². The lowest BCUT2D eigenvalue weighted by Gasteiger charge is -2.15. The van der Waals surface area contributed by atoms with Crippen LogP contribution in [-0.4, -0.2) is 40.6 Å². The number of nitrogens with zero attached hydrogens (tertiary/aromatic N) is 1. The molecule has 1 saturated heterocycles. The van der Waals surface area contributed by atoms with Gasteiger partial charge in [0.25, 0.3) is 5.91 Å². The lowest BCUT2D eigenvalue weighted by atomic mass is 10.1. The number of phenols is 1. The Morgan fingerprint density at radius 1 is 1.18 bits per heavy atom. The summed E-state index contributed by atoms with van der Waals surface area (Å²) in [6.45, 7) is 0. The molecule has 2 aromatic carbocycles. The van der Waals surface area contributed by atoms with Crippen LogP contribution in [0.25, 0.3) is 6.08 Å². The summed E-state index contributed by atoms with van der Waals surface area (Å²) in [4.78, 5) is 25.7. The van der Waals surface area contributed by atoms with Crippen LogP contribution in [0.2, 0.25) is 0 Å². The van der Waals surface area contributed by atoms with E-state index in [1.54, 1.807) is 24.3 Å². The summed E-state index contributed by atoms with van der Waals surface area (Å²) in [6.07, 6.45) is 1.64. The number of carbonyl (C=O) groups excluding carboxylic acids is 1. The van der Waals surface area contributed by atoms with Crippen molar-refractivity contribution in [3.63, 3.8) is 0 Å². The summed E-state index contributed by atoms with van der Waals surface area (Å²) in [6, 6.07) is 9.05. The molecule has 0 radical (unpaired) electrons. The zero-order chi connectivity index (χ0) is 20.4. The van der Waals surface area contributed by atoms with Gasteiger partial charge in [0.1, 0.15) is 22.8 Å². The number of aromatic carboxylic acids is 1. The first kappa shape index (κ1) is 19.7. The highest BCUT2D eigenvalue weighted by Gasteiger charge is 2.34. The summed E-state index contributed by atoms with van der Waals surface area (Å²) >= 11 is 6.39. The van der Waals surface area contributed by atoms with Crippen LogP contribution in [0, 0.1) is 0 Å². The fourth-order valence-corrected chi connectivity index (χ4v) is 3.91. The van der Waals surface area contributed by atoms with Crippen LogP contribution in [0.4, 0.5) is 5.69 Å². The maximum Gasteiger partial charge on any atom is 0.339 e. The van der Waals surface area contributed by atoms with Crippen LogP contribution in [0.1, 0.15) is 15.9 Å². The van der Waals surface area contributed by atoms with E-state index in [0.717, 1.165) is 11.8 Å². The molecule has 2 aromatic rings. The molecule has 9 heteroatoms. The van der Waals surface area contributed by atoms with E-state index in [4.69, 9.17) is 21.7 Å². The molecule has 1 heterocycles. The van der Waals surface area contributed by atoms with Crippen molar-refractivity contribution in [1.29, 1.82) is 0 Å². The van der Waals surface area contributed by atoms with Crippen molar-refractivity contribution in [2.75, 3.05) is 19.1 Å². The van der Waals surface area contributed by atoms with Gasteiger partial charge in [-0.25, -0.2) is 4.79 Å². The van der Waals surface area contributed by atoms with Gasteiger partial charge < -0.3 is 19.7 Å². The number of thiocarbonyl (C=S) groups is 1. The number of hydrogen-bond acceptors (Lipinski definition) is 7. The number of ether oxygens (including phenoxy) is 2. The Balaban J connectivity index is 2.00. The molecule has 7 nitrogen and oxygen atoms in total. The van der Waals surface area contributed by atoms with Crippen molar-refractivity contribution in [2.24, 2.45) is 0 Å². The van der Waals surface area contributed by atoms with Gasteiger partial charge in [-0.15, -0.1) is 0 Å². The summed E-state index contributed by atoms with van der Waals surface area (Å²) in [5, 5.41) is 18.9. The maximum atomic E-state index is 12.9. The summed E-state index contributed by atoms with van der Waals surface area (Å²) in [5.74, 6) is -0.933. The van der Waals surface area contributed by atoms with Crippen molar-refractivity contribution in [3.05, 3.63) is 52.4 Å². The average molecular weight is 417 g/mol. The molecular weight excluding hydrogens is 402 g/mol. The van der Waals surface area contributed by atoms with E-state index >= 15 is 0 Å². The highest BCUT2D eigenvalue weighted by molar-refractivity contribution is 8.27. The van der Waals surface area contributed by atoms with Crippen LogP contribution in [0.15, 0.2) is 41.3 Å².